The molecule has 0 saturated heterocycles. The molecular weight excluding hydrogens is 190 g/mol. The number of fused-ring (bicyclic) bond motifs is 1. The van der Waals surface area contributed by atoms with Crippen molar-refractivity contribution in [1.29, 1.82) is 0 Å². The van der Waals surface area contributed by atoms with E-state index in [4.69, 9.17) is 15.2 Å². The molecule has 1 aliphatic carbocycles. The number of rotatable bonds is 2. The van der Waals surface area contributed by atoms with Crippen molar-refractivity contribution in [1.82, 2.24) is 0 Å². The van der Waals surface area contributed by atoms with E-state index >= 15 is 0 Å². The normalized spacial score (nSPS) is 20.4. The summed E-state index contributed by atoms with van der Waals surface area (Å²) >= 11 is 0. The van der Waals surface area contributed by atoms with Gasteiger partial charge in [-0.25, -0.2) is 0 Å². The standard InChI is InChI=1S/C12H15NO2/c1-8-4-9(12(6-13)2-3-12)5-10-11(8)15-7-14-10/h4-5H,2-3,6-7,13H2,1H3. The molecule has 1 aliphatic heterocycles. The maximum absolute atomic E-state index is 5.82. The molecule has 15 heavy (non-hydrogen) atoms. The Morgan fingerprint density at radius 2 is 2.13 bits per heavy atom. The second-order valence-corrected chi connectivity index (χ2v) is 4.51. The summed E-state index contributed by atoms with van der Waals surface area (Å²) in [7, 11) is 0. The average Bonchev–Trinajstić information content (AvgIpc) is 2.90. The molecule has 0 spiro atoms. The van der Waals surface area contributed by atoms with E-state index < -0.39 is 0 Å². The molecule has 0 amide bonds. The van der Waals surface area contributed by atoms with Crippen molar-refractivity contribution in [3.63, 3.8) is 0 Å². The van der Waals surface area contributed by atoms with Crippen LogP contribution in [-0.2, 0) is 5.41 Å². The van der Waals surface area contributed by atoms with Crippen LogP contribution in [0.3, 0.4) is 0 Å². The Kier molecular flexibility index (Phi) is 1.74. The van der Waals surface area contributed by atoms with Gasteiger partial charge >= 0.3 is 0 Å². The van der Waals surface area contributed by atoms with Crippen molar-refractivity contribution in [2.75, 3.05) is 13.3 Å². The third-order valence-corrected chi connectivity index (χ3v) is 3.51. The molecule has 3 nitrogen and oxygen atoms in total. The van der Waals surface area contributed by atoms with Gasteiger partial charge in [-0.15, -0.1) is 0 Å². The van der Waals surface area contributed by atoms with E-state index in [1.54, 1.807) is 0 Å². The quantitative estimate of drug-likeness (QED) is 0.799. The first-order valence-corrected chi connectivity index (χ1v) is 5.36. The number of aryl methyl sites for hydroxylation is 1. The SMILES string of the molecule is Cc1cc(C2(CN)CC2)cc2c1OCO2. The fourth-order valence-corrected chi connectivity index (χ4v) is 2.25. The molecule has 0 bridgehead atoms. The lowest BCUT2D eigenvalue weighted by atomic mass is 9.94. The van der Waals surface area contributed by atoms with Crippen LogP contribution in [0.15, 0.2) is 12.1 Å². The van der Waals surface area contributed by atoms with Crippen LogP contribution in [0.4, 0.5) is 0 Å². The van der Waals surface area contributed by atoms with Crippen molar-refractivity contribution < 1.29 is 9.47 Å². The topological polar surface area (TPSA) is 44.5 Å². The van der Waals surface area contributed by atoms with Crippen LogP contribution < -0.4 is 15.2 Å². The third-order valence-electron chi connectivity index (χ3n) is 3.51. The summed E-state index contributed by atoms with van der Waals surface area (Å²) in [5.41, 5.74) is 8.52. The van der Waals surface area contributed by atoms with Crippen molar-refractivity contribution in [3.8, 4) is 11.5 Å². The molecule has 0 aromatic heterocycles. The summed E-state index contributed by atoms with van der Waals surface area (Å²) in [5, 5.41) is 0. The lowest BCUT2D eigenvalue weighted by Gasteiger charge is -2.14. The Bertz CT molecular complexity index is 410. The van der Waals surface area contributed by atoms with Gasteiger partial charge < -0.3 is 15.2 Å². The molecule has 3 heteroatoms. The Labute approximate surface area is 89.2 Å². The molecule has 1 aromatic rings. The van der Waals surface area contributed by atoms with E-state index in [0.29, 0.717) is 6.79 Å². The highest BCUT2D eigenvalue weighted by molar-refractivity contribution is 5.53. The number of hydrogen-bond donors (Lipinski definition) is 1. The average molecular weight is 205 g/mol. The number of benzene rings is 1. The van der Waals surface area contributed by atoms with Crippen LogP contribution in [0.5, 0.6) is 11.5 Å². The van der Waals surface area contributed by atoms with Crippen molar-refractivity contribution in [3.05, 3.63) is 23.3 Å². The zero-order valence-electron chi connectivity index (χ0n) is 8.88. The Hall–Kier alpha value is -1.22. The summed E-state index contributed by atoms with van der Waals surface area (Å²) < 4.78 is 10.8. The maximum atomic E-state index is 5.82. The molecule has 0 unspecified atom stereocenters. The van der Waals surface area contributed by atoms with E-state index in [9.17, 15) is 0 Å². The molecular formula is C12H15NO2. The van der Waals surface area contributed by atoms with Gasteiger partial charge in [0.15, 0.2) is 11.5 Å². The maximum Gasteiger partial charge on any atom is 0.231 e. The van der Waals surface area contributed by atoms with Gasteiger partial charge in [-0.1, -0.05) is 6.07 Å². The van der Waals surface area contributed by atoms with Gasteiger partial charge in [-0.2, -0.15) is 0 Å². The first-order chi connectivity index (χ1) is 7.25. The zero-order chi connectivity index (χ0) is 10.5. The monoisotopic (exact) mass is 205 g/mol. The summed E-state index contributed by atoms with van der Waals surface area (Å²) in [6.07, 6.45) is 2.39. The Morgan fingerprint density at radius 1 is 1.33 bits per heavy atom. The Morgan fingerprint density at radius 3 is 2.80 bits per heavy atom. The first-order valence-electron chi connectivity index (χ1n) is 5.36. The molecule has 2 N–H and O–H groups in total. The lowest BCUT2D eigenvalue weighted by Crippen LogP contribution is -2.19. The molecule has 2 aliphatic rings. The predicted molar refractivity (Wildman–Crippen MR) is 57.3 cm³/mol. The number of ether oxygens (including phenoxy) is 2. The lowest BCUT2D eigenvalue weighted by molar-refractivity contribution is 0.173. The van der Waals surface area contributed by atoms with Gasteiger partial charge in [0.05, 0.1) is 0 Å². The van der Waals surface area contributed by atoms with Gasteiger partial charge in [0.1, 0.15) is 0 Å². The van der Waals surface area contributed by atoms with Crippen molar-refractivity contribution in [2.24, 2.45) is 5.73 Å². The van der Waals surface area contributed by atoms with E-state index in [0.717, 1.165) is 23.6 Å². The molecule has 80 valence electrons. The van der Waals surface area contributed by atoms with Crippen molar-refractivity contribution >= 4 is 0 Å². The van der Waals surface area contributed by atoms with E-state index in [2.05, 4.69) is 19.1 Å². The van der Waals surface area contributed by atoms with E-state index in [-0.39, 0.29) is 5.41 Å². The summed E-state index contributed by atoms with van der Waals surface area (Å²) in [4.78, 5) is 0. The van der Waals surface area contributed by atoms with Crippen LogP contribution in [0.2, 0.25) is 0 Å². The van der Waals surface area contributed by atoms with Crippen LogP contribution >= 0.6 is 0 Å². The first kappa shape index (κ1) is 9.04. The smallest absolute Gasteiger partial charge is 0.231 e. The molecule has 1 saturated carbocycles. The largest absolute Gasteiger partial charge is 0.454 e. The van der Waals surface area contributed by atoms with Crippen LogP contribution in [0, 0.1) is 6.92 Å². The minimum Gasteiger partial charge on any atom is -0.454 e. The van der Waals surface area contributed by atoms with Gasteiger partial charge in [-0.05, 0) is 37.0 Å². The van der Waals surface area contributed by atoms with Crippen LogP contribution in [0.25, 0.3) is 0 Å². The predicted octanol–water partition coefficient (Wildman–Crippen LogP) is 1.71. The Balaban J connectivity index is 2.08. The minimum atomic E-state index is 0.228. The third kappa shape index (κ3) is 1.23. The van der Waals surface area contributed by atoms with Crippen molar-refractivity contribution in [2.45, 2.75) is 25.2 Å². The van der Waals surface area contributed by atoms with Crippen LogP contribution in [0.1, 0.15) is 24.0 Å². The van der Waals surface area contributed by atoms with E-state index in [1.807, 2.05) is 0 Å². The molecule has 1 fully saturated rings. The van der Waals surface area contributed by atoms with Gasteiger partial charge in [0.25, 0.3) is 0 Å². The van der Waals surface area contributed by atoms with Crippen LogP contribution in [-0.4, -0.2) is 13.3 Å². The summed E-state index contributed by atoms with van der Waals surface area (Å²) in [5.74, 6) is 1.77. The summed E-state index contributed by atoms with van der Waals surface area (Å²) in [6, 6.07) is 4.28. The second-order valence-electron chi connectivity index (χ2n) is 4.51. The second kappa shape index (κ2) is 2.89. The minimum absolute atomic E-state index is 0.228. The highest BCUT2D eigenvalue weighted by Gasteiger charge is 2.43. The number of hydrogen-bond acceptors (Lipinski definition) is 3. The van der Waals surface area contributed by atoms with Gasteiger partial charge in [-0.3, -0.25) is 0 Å². The van der Waals surface area contributed by atoms with Gasteiger partial charge in [0, 0.05) is 12.0 Å². The fourth-order valence-electron chi connectivity index (χ4n) is 2.25. The summed E-state index contributed by atoms with van der Waals surface area (Å²) in [6.45, 7) is 3.13. The zero-order valence-corrected chi connectivity index (χ0v) is 8.88. The molecule has 1 heterocycles. The molecule has 0 radical (unpaired) electrons. The molecule has 3 rings (SSSR count). The molecule has 1 aromatic carbocycles. The van der Waals surface area contributed by atoms with E-state index in [1.165, 1.54) is 18.4 Å². The fraction of sp³-hybridized carbons (Fsp3) is 0.500. The number of nitrogens with two attached hydrogens (primary N) is 1. The van der Waals surface area contributed by atoms with Gasteiger partial charge in [0.2, 0.25) is 6.79 Å². The highest BCUT2D eigenvalue weighted by atomic mass is 16.7. The highest BCUT2D eigenvalue weighted by Crippen LogP contribution is 2.50. The molecule has 0 atom stereocenters.